The highest BCUT2D eigenvalue weighted by molar-refractivity contribution is 5.71. The van der Waals surface area contributed by atoms with Crippen LogP contribution < -0.4 is 4.74 Å². The molecule has 1 aliphatic heterocycles. The zero-order chi connectivity index (χ0) is 14.7. The molecule has 1 aliphatic rings. The molecule has 1 atom stereocenters. The van der Waals surface area contributed by atoms with Gasteiger partial charge in [-0.15, -0.1) is 0 Å². The molecule has 1 heterocycles. The lowest BCUT2D eigenvalue weighted by Crippen LogP contribution is -1.99. The van der Waals surface area contributed by atoms with Crippen LogP contribution in [0.15, 0.2) is 48.5 Å². The normalized spacial score (nSPS) is 17.6. The second-order valence-corrected chi connectivity index (χ2v) is 5.00. The third kappa shape index (κ3) is 3.40. The first-order valence-electron chi connectivity index (χ1n) is 6.87. The average Bonchev–Trinajstić information content (AvgIpc) is 2.92. The fourth-order valence-corrected chi connectivity index (χ4v) is 2.33. The molecule has 0 aliphatic carbocycles. The van der Waals surface area contributed by atoms with Crippen molar-refractivity contribution < 1.29 is 18.7 Å². The predicted octanol–water partition coefficient (Wildman–Crippen LogP) is 3.78. The summed E-state index contributed by atoms with van der Waals surface area (Å²) in [6.45, 7) is 0.315. The van der Waals surface area contributed by atoms with Gasteiger partial charge < -0.3 is 9.47 Å². The molecule has 0 amide bonds. The number of ether oxygens (including phenoxy) is 2. The molecule has 2 aromatic rings. The van der Waals surface area contributed by atoms with Gasteiger partial charge in [-0.3, -0.25) is 4.79 Å². The summed E-state index contributed by atoms with van der Waals surface area (Å²) in [7, 11) is 0. The number of carbonyl (C=O) groups is 1. The molecule has 0 radical (unpaired) electrons. The highest BCUT2D eigenvalue weighted by Gasteiger charge is 2.24. The summed E-state index contributed by atoms with van der Waals surface area (Å²) in [6, 6.07) is 13.8. The van der Waals surface area contributed by atoms with Gasteiger partial charge in [0.2, 0.25) is 0 Å². The van der Waals surface area contributed by atoms with E-state index >= 15 is 0 Å². The Morgan fingerprint density at radius 1 is 1.19 bits per heavy atom. The van der Waals surface area contributed by atoms with Crippen LogP contribution >= 0.6 is 0 Å². The van der Waals surface area contributed by atoms with Gasteiger partial charge in [0, 0.05) is 6.42 Å². The van der Waals surface area contributed by atoms with Crippen molar-refractivity contribution in [3.63, 3.8) is 0 Å². The zero-order valence-corrected chi connectivity index (χ0v) is 11.4. The molecule has 1 unspecified atom stereocenters. The summed E-state index contributed by atoms with van der Waals surface area (Å²) in [6.07, 6.45) is 1.06. The average molecular weight is 286 g/mol. The van der Waals surface area contributed by atoms with Crippen molar-refractivity contribution in [2.24, 2.45) is 0 Å². The number of esters is 1. The first kappa shape index (κ1) is 13.6. The van der Waals surface area contributed by atoms with Gasteiger partial charge in [0.1, 0.15) is 24.3 Å². The van der Waals surface area contributed by atoms with Gasteiger partial charge in [-0.05, 0) is 41.8 Å². The van der Waals surface area contributed by atoms with Crippen molar-refractivity contribution in [2.45, 2.75) is 25.6 Å². The minimum absolute atomic E-state index is 0.144. The van der Waals surface area contributed by atoms with E-state index in [1.165, 1.54) is 12.1 Å². The van der Waals surface area contributed by atoms with Crippen LogP contribution in [0.2, 0.25) is 0 Å². The number of rotatable bonds is 4. The molecule has 1 fully saturated rings. The van der Waals surface area contributed by atoms with E-state index in [0.29, 0.717) is 18.8 Å². The Morgan fingerprint density at radius 3 is 2.67 bits per heavy atom. The van der Waals surface area contributed by atoms with E-state index < -0.39 is 0 Å². The van der Waals surface area contributed by atoms with Crippen molar-refractivity contribution in [1.29, 1.82) is 0 Å². The second-order valence-electron chi connectivity index (χ2n) is 5.00. The first-order chi connectivity index (χ1) is 10.2. The maximum absolute atomic E-state index is 13.1. The Hall–Kier alpha value is -2.36. The van der Waals surface area contributed by atoms with Gasteiger partial charge in [0.05, 0.1) is 0 Å². The van der Waals surface area contributed by atoms with Crippen molar-refractivity contribution in [1.82, 2.24) is 0 Å². The van der Waals surface area contributed by atoms with Crippen LogP contribution in [0.5, 0.6) is 5.75 Å². The fourth-order valence-electron chi connectivity index (χ4n) is 2.33. The number of benzene rings is 2. The number of cyclic esters (lactones) is 1. The maximum atomic E-state index is 13.1. The van der Waals surface area contributed by atoms with Crippen molar-refractivity contribution >= 4 is 5.97 Å². The summed E-state index contributed by atoms with van der Waals surface area (Å²) in [4.78, 5) is 11.1. The minimum Gasteiger partial charge on any atom is -0.489 e. The van der Waals surface area contributed by atoms with Gasteiger partial charge in [-0.1, -0.05) is 24.3 Å². The van der Waals surface area contributed by atoms with Crippen LogP contribution in [-0.2, 0) is 16.1 Å². The third-order valence-electron chi connectivity index (χ3n) is 3.43. The molecule has 0 spiro atoms. The van der Waals surface area contributed by atoms with E-state index in [9.17, 15) is 9.18 Å². The van der Waals surface area contributed by atoms with Crippen LogP contribution in [-0.4, -0.2) is 5.97 Å². The van der Waals surface area contributed by atoms with Crippen molar-refractivity contribution in [3.05, 3.63) is 65.5 Å². The number of halogens is 1. The molecule has 3 rings (SSSR count). The monoisotopic (exact) mass is 286 g/mol. The quantitative estimate of drug-likeness (QED) is 0.802. The van der Waals surface area contributed by atoms with Gasteiger partial charge in [0.25, 0.3) is 0 Å². The Balaban J connectivity index is 1.61. The van der Waals surface area contributed by atoms with Crippen molar-refractivity contribution in [3.8, 4) is 5.75 Å². The second kappa shape index (κ2) is 5.95. The summed E-state index contributed by atoms with van der Waals surface area (Å²) >= 11 is 0. The topological polar surface area (TPSA) is 35.5 Å². The summed E-state index contributed by atoms with van der Waals surface area (Å²) in [5.74, 6) is 0.285. The molecule has 4 heteroatoms. The molecule has 3 nitrogen and oxygen atoms in total. The minimum atomic E-state index is -0.269. The van der Waals surface area contributed by atoms with Crippen LogP contribution in [0.3, 0.4) is 0 Å². The van der Waals surface area contributed by atoms with E-state index in [1.807, 2.05) is 30.3 Å². The maximum Gasteiger partial charge on any atom is 0.306 e. The smallest absolute Gasteiger partial charge is 0.306 e. The van der Waals surface area contributed by atoms with Gasteiger partial charge in [0.15, 0.2) is 0 Å². The zero-order valence-electron chi connectivity index (χ0n) is 11.4. The lowest BCUT2D eigenvalue weighted by molar-refractivity contribution is -0.141. The van der Waals surface area contributed by atoms with Gasteiger partial charge in [-0.25, -0.2) is 4.39 Å². The molecule has 108 valence electrons. The molecule has 21 heavy (non-hydrogen) atoms. The van der Waals surface area contributed by atoms with Crippen LogP contribution in [0, 0.1) is 5.82 Å². The van der Waals surface area contributed by atoms with Crippen LogP contribution in [0.4, 0.5) is 4.39 Å². The highest BCUT2D eigenvalue weighted by atomic mass is 19.1. The molecule has 1 saturated heterocycles. The SMILES string of the molecule is O=C1CCC(c2ccc(OCc3cccc(F)c3)cc2)O1. The molecular formula is C17H15FO3. The Labute approximate surface area is 122 Å². The molecule has 0 bridgehead atoms. The van der Waals surface area contributed by atoms with Gasteiger partial charge >= 0.3 is 5.97 Å². The number of carbonyl (C=O) groups excluding carboxylic acids is 1. The standard InChI is InChI=1S/C17H15FO3/c18-14-3-1-2-12(10-14)11-20-15-6-4-13(5-7-15)16-8-9-17(19)21-16/h1-7,10,16H,8-9,11H2. The largest absolute Gasteiger partial charge is 0.489 e. The third-order valence-corrected chi connectivity index (χ3v) is 3.43. The number of hydrogen-bond donors (Lipinski definition) is 0. The molecule has 0 saturated carbocycles. The lowest BCUT2D eigenvalue weighted by atomic mass is 10.1. The molecule has 2 aromatic carbocycles. The highest BCUT2D eigenvalue weighted by Crippen LogP contribution is 2.30. The molecule has 0 aromatic heterocycles. The van der Waals surface area contributed by atoms with E-state index in [-0.39, 0.29) is 17.9 Å². The van der Waals surface area contributed by atoms with E-state index in [4.69, 9.17) is 9.47 Å². The lowest BCUT2D eigenvalue weighted by Gasteiger charge is -2.11. The molecule has 0 N–H and O–H groups in total. The Bertz CT molecular complexity index is 637. The van der Waals surface area contributed by atoms with E-state index in [1.54, 1.807) is 6.07 Å². The van der Waals surface area contributed by atoms with Crippen LogP contribution in [0.25, 0.3) is 0 Å². The number of hydrogen-bond acceptors (Lipinski definition) is 3. The Morgan fingerprint density at radius 2 is 2.00 bits per heavy atom. The van der Waals surface area contributed by atoms with E-state index in [2.05, 4.69) is 0 Å². The summed E-state index contributed by atoms with van der Waals surface area (Å²) in [5.41, 5.74) is 1.75. The summed E-state index contributed by atoms with van der Waals surface area (Å²) < 4.78 is 23.9. The first-order valence-corrected chi connectivity index (χ1v) is 6.87. The van der Waals surface area contributed by atoms with Crippen molar-refractivity contribution in [2.75, 3.05) is 0 Å². The molecular weight excluding hydrogens is 271 g/mol. The summed E-state index contributed by atoms with van der Waals surface area (Å²) in [5, 5.41) is 0. The van der Waals surface area contributed by atoms with Gasteiger partial charge in [-0.2, -0.15) is 0 Å². The predicted molar refractivity (Wildman–Crippen MR) is 75.2 cm³/mol. The van der Waals surface area contributed by atoms with Crippen LogP contribution in [0.1, 0.15) is 30.1 Å². The van der Waals surface area contributed by atoms with E-state index in [0.717, 1.165) is 17.5 Å². The Kier molecular flexibility index (Phi) is 3.86. The fraction of sp³-hybridized carbons (Fsp3) is 0.235.